The largest absolute Gasteiger partial charge is 0.491 e. The number of aliphatic hydroxyl groups is 1. The van der Waals surface area contributed by atoms with E-state index in [-0.39, 0.29) is 11.9 Å². The van der Waals surface area contributed by atoms with Gasteiger partial charge in [-0.3, -0.25) is 9.69 Å². The average molecular weight is 532 g/mol. The summed E-state index contributed by atoms with van der Waals surface area (Å²) in [5.74, 6) is 0.934. The predicted octanol–water partition coefficient (Wildman–Crippen LogP) is 4.70. The van der Waals surface area contributed by atoms with E-state index in [2.05, 4.69) is 48.0 Å². The zero-order valence-electron chi connectivity index (χ0n) is 22.3. The van der Waals surface area contributed by atoms with Gasteiger partial charge in [0.2, 0.25) is 0 Å². The Bertz CT molecular complexity index is 1030. The fourth-order valence-electron chi connectivity index (χ4n) is 5.56. The van der Waals surface area contributed by atoms with Crippen LogP contribution < -0.4 is 10.1 Å². The van der Waals surface area contributed by atoms with Gasteiger partial charge in [-0.1, -0.05) is 13.0 Å². The number of likely N-dealkylation sites (N-methyl/N-ethyl adjacent to an activating group) is 1. The normalized spacial score (nSPS) is 22.7. The molecule has 2 N–H and O–H groups in total. The third-order valence-corrected chi connectivity index (χ3v) is 10.1. The summed E-state index contributed by atoms with van der Waals surface area (Å²) < 4.78 is 7.17. The minimum atomic E-state index is -0.501. The molecule has 36 heavy (non-hydrogen) atoms. The van der Waals surface area contributed by atoms with E-state index in [1.54, 1.807) is 23.1 Å². The maximum atomic E-state index is 12.8. The molecule has 2 aromatic rings. The van der Waals surface area contributed by atoms with E-state index in [4.69, 9.17) is 4.74 Å². The molecule has 2 aliphatic heterocycles. The lowest BCUT2D eigenvalue weighted by Crippen LogP contribution is -2.49. The van der Waals surface area contributed by atoms with E-state index in [0.717, 1.165) is 42.1 Å². The minimum absolute atomic E-state index is 0.0756. The molecule has 0 radical (unpaired) electrons. The number of carbonyl (C=O) groups is 1. The fraction of sp³-hybridized carbons (Fsp3) is 0.607. The molecule has 1 aromatic carbocycles. The van der Waals surface area contributed by atoms with E-state index in [9.17, 15) is 9.90 Å². The number of thiophene rings is 1. The van der Waals surface area contributed by atoms with Crippen LogP contribution in [-0.4, -0.2) is 78.0 Å². The van der Waals surface area contributed by atoms with Gasteiger partial charge in [0.1, 0.15) is 18.5 Å². The van der Waals surface area contributed by atoms with Gasteiger partial charge in [0.05, 0.1) is 9.09 Å². The Morgan fingerprint density at radius 2 is 1.94 bits per heavy atom. The highest BCUT2D eigenvalue weighted by Gasteiger charge is 2.41. The average Bonchev–Trinajstić information content (AvgIpc) is 3.43. The van der Waals surface area contributed by atoms with Crippen LogP contribution >= 0.6 is 23.1 Å². The van der Waals surface area contributed by atoms with Gasteiger partial charge < -0.3 is 20.1 Å². The van der Waals surface area contributed by atoms with Crippen LogP contribution in [0.4, 0.5) is 0 Å². The van der Waals surface area contributed by atoms with Gasteiger partial charge >= 0.3 is 0 Å². The second-order valence-electron chi connectivity index (χ2n) is 10.3. The number of piperidine rings is 1. The first kappa shape index (κ1) is 27.5. The number of fused-ring (bicyclic) bond motifs is 2. The molecule has 1 aromatic heterocycles. The lowest BCUT2D eigenvalue weighted by Gasteiger charge is -2.39. The number of thioether (sulfide) groups is 1. The molecule has 8 heteroatoms. The maximum Gasteiger partial charge on any atom is 0.261 e. The quantitative estimate of drug-likeness (QED) is 0.410. The van der Waals surface area contributed by atoms with Crippen LogP contribution in [0.15, 0.2) is 28.5 Å². The second kappa shape index (κ2) is 12.3. The van der Waals surface area contributed by atoms with Crippen molar-refractivity contribution >= 4 is 29.0 Å². The van der Waals surface area contributed by atoms with E-state index >= 15 is 0 Å². The first-order chi connectivity index (χ1) is 17.3. The molecule has 0 saturated carbocycles. The van der Waals surface area contributed by atoms with Gasteiger partial charge in [0.15, 0.2) is 0 Å². The van der Waals surface area contributed by atoms with Crippen molar-refractivity contribution in [3.8, 4) is 5.75 Å². The van der Waals surface area contributed by atoms with Crippen LogP contribution in [0.1, 0.15) is 59.0 Å². The third kappa shape index (κ3) is 6.45. The maximum absolute atomic E-state index is 12.8. The molecule has 2 aliphatic rings. The lowest BCUT2D eigenvalue weighted by atomic mass is 9.95. The molecule has 0 spiro atoms. The van der Waals surface area contributed by atoms with Crippen molar-refractivity contribution in [3.63, 3.8) is 0 Å². The van der Waals surface area contributed by atoms with Crippen molar-refractivity contribution in [1.29, 1.82) is 0 Å². The minimum Gasteiger partial charge on any atom is -0.491 e. The Balaban J connectivity index is 1.33. The van der Waals surface area contributed by atoms with Gasteiger partial charge in [-0.2, -0.15) is 0 Å². The van der Waals surface area contributed by atoms with Gasteiger partial charge in [-0.25, -0.2) is 0 Å². The Kier molecular flexibility index (Phi) is 9.39. The van der Waals surface area contributed by atoms with Crippen molar-refractivity contribution in [1.82, 2.24) is 15.1 Å². The van der Waals surface area contributed by atoms with Crippen molar-refractivity contribution in [3.05, 3.63) is 45.8 Å². The second-order valence-corrected chi connectivity index (χ2v) is 12.5. The molecular formula is C28H41N3O3S2. The number of rotatable bonds is 11. The van der Waals surface area contributed by atoms with Crippen LogP contribution in [0, 0.1) is 13.8 Å². The van der Waals surface area contributed by atoms with Gasteiger partial charge in [0, 0.05) is 31.2 Å². The smallest absolute Gasteiger partial charge is 0.261 e. The first-order valence-electron chi connectivity index (χ1n) is 13.1. The predicted molar refractivity (Wildman–Crippen MR) is 150 cm³/mol. The topological polar surface area (TPSA) is 65.0 Å². The van der Waals surface area contributed by atoms with Crippen molar-refractivity contribution in [2.75, 3.05) is 33.0 Å². The molecule has 4 rings (SSSR count). The number of hydrogen-bond acceptors (Lipinski definition) is 7. The summed E-state index contributed by atoms with van der Waals surface area (Å²) in [6.07, 6.45) is 5.99. The summed E-state index contributed by atoms with van der Waals surface area (Å²) in [6.45, 7) is 9.13. The van der Waals surface area contributed by atoms with E-state index in [1.807, 2.05) is 25.4 Å². The van der Waals surface area contributed by atoms with E-state index in [0.29, 0.717) is 25.2 Å². The molecular weight excluding hydrogens is 490 g/mol. The standard InChI is InChI=1S/C28H41N3O3S2/c1-6-30(4)16-24(32)17-34-25-10-7-20(18(2)19(25)3)15-31-22-8-9-23(31)14-21(13-22)29-28(33)26-11-12-27(35-5)36-26/h7,10-12,21-24,32H,6,8-9,13-17H2,1-5H3,(H,29,33)/t21?,22?,23?,24-/m0/s1. The van der Waals surface area contributed by atoms with Crippen LogP contribution in [0.2, 0.25) is 0 Å². The van der Waals surface area contributed by atoms with Crippen molar-refractivity contribution < 1.29 is 14.6 Å². The zero-order chi connectivity index (χ0) is 25.8. The summed E-state index contributed by atoms with van der Waals surface area (Å²) >= 11 is 3.26. The van der Waals surface area contributed by atoms with Crippen molar-refractivity contribution in [2.45, 2.75) is 81.4 Å². The molecule has 1 amide bonds. The summed E-state index contributed by atoms with van der Waals surface area (Å²) in [5.41, 5.74) is 3.76. The summed E-state index contributed by atoms with van der Waals surface area (Å²) in [5, 5.41) is 13.6. The summed E-state index contributed by atoms with van der Waals surface area (Å²) in [6, 6.07) is 9.51. The fourth-order valence-corrected chi connectivity index (χ4v) is 7.01. The number of ether oxygens (including phenoxy) is 1. The third-order valence-electron chi connectivity index (χ3n) is 7.92. The van der Waals surface area contributed by atoms with Gasteiger partial charge in [0.25, 0.3) is 5.91 Å². The number of nitrogens with one attached hydrogen (secondary N) is 1. The van der Waals surface area contributed by atoms with Crippen molar-refractivity contribution in [2.24, 2.45) is 0 Å². The SMILES string of the molecule is CCN(C)C[C@H](O)COc1ccc(CN2C3CCC2CC(NC(=O)c2ccc(SC)s2)C3)c(C)c1C. The molecule has 3 heterocycles. The number of benzene rings is 1. The van der Waals surface area contributed by atoms with Gasteiger partial charge in [-0.05, 0) is 94.3 Å². The Morgan fingerprint density at radius 3 is 2.58 bits per heavy atom. The number of carbonyl (C=O) groups excluding carboxylic acids is 1. The number of nitrogens with zero attached hydrogens (tertiary/aromatic N) is 2. The van der Waals surface area contributed by atoms with Crippen LogP contribution in [-0.2, 0) is 6.54 Å². The Morgan fingerprint density at radius 1 is 1.22 bits per heavy atom. The number of hydrogen-bond donors (Lipinski definition) is 2. The van der Waals surface area contributed by atoms with Crippen LogP contribution in [0.5, 0.6) is 5.75 Å². The van der Waals surface area contributed by atoms with Crippen LogP contribution in [0.3, 0.4) is 0 Å². The lowest BCUT2D eigenvalue weighted by molar-refractivity contribution is 0.0774. The molecule has 3 atom stereocenters. The summed E-state index contributed by atoms with van der Waals surface area (Å²) in [4.78, 5) is 18.3. The number of aliphatic hydroxyl groups excluding tert-OH is 1. The molecule has 6 nitrogen and oxygen atoms in total. The molecule has 2 fully saturated rings. The highest BCUT2D eigenvalue weighted by atomic mass is 32.2. The molecule has 2 saturated heterocycles. The monoisotopic (exact) mass is 531 g/mol. The molecule has 2 bridgehead atoms. The first-order valence-corrected chi connectivity index (χ1v) is 15.1. The highest BCUT2D eigenvalue weighted by molar-refractivity contribution is 8.00. The molecule has 0 aliphatic carbocycles. The Hall–Kier alpha value is -1.58. The molecule has 198 valence electrons. The van der Waals surface area contributed by atoms with Gasteiger partial charge in [-0.15, -0.1) is 23.1 Å². The van der Waals surface area contributed by atoms with E-state index < -0.39 is 6.10 Å². The summed E-state index contributed by atoms with van der Waals surface area (Å²) in [7, 11) is 2.00. The van der Waals surface area contributed by atoms with E-state index in [1.165, 1.54) is 28.2 Å². The van der Waals surface area contributed by atoms with Crippen LogP contribution in [0.25, 0.3) is 0 Å². The Labute approximate surface area is 224 Å². The number of amides is 1. The highest BCUT2D eigenvalue weighted by Crippen LogP contribution is 2.38. The zero-order valence-corrected chi connectivity index (χ0v) is 23.9. The molecule has 2 unspecified atom stereocenters.